The maximum Gasteiger partial charge on any atom is 0.255 e. The van der Waals surface area contributed by atoms with Gasteiger partial charge in [0, 0.05) is 12.7 Å². The van der Waals surface area contributed by atoms with Crippen LogP contribution in [0.15, 0.2) is 31.0 Å². The van der Waals surface area contributed by atoms with Gasteiger partial charge in [-0.25, -0.2) is 14.6 Å². The monoisotopic (exact) mass is 287 g/mol. The maximum absolute atomic E-state index is 12.5. The number of pyridine rings is 1. The molecule has 0 bridgehead atoms. The zero-order valence-corrected chi connectivity index (χ0v) is 11.8. The minimum Gasteiger partial charge on any atom is -0.394 e. The van der Waals surface area contributed by atoms with Crippen LogP contribution in [-0.2, 0) is 0 Å². The van der Waals surface area contributed by atoms with Crippen molar-refractivity contribution in [2.75, 3.05) is 13.2 Å². The number of aromatic nitrogens is 4. The first-order valence-electron chi connectivity index (χ1n) is 6.93. The van der Waals surface area contributed by atoms with Crippen molar-refractivity contribution >= 4 is 5.91 Å². The Bertz CT molecular complexity index is 611. The highest BCUT2D eigenvalue weighted by Gasteiger charge is 2.34. The van der Waals surface area contributed by atoms with Gasteiger partial charge in [0.15, 0.2) is 5.82 Å². The van der Waals surface area contributed by atoms with Gasteiger partial charge in [0.2, 0.25) is 0 Å². The normalized spacial score (nSPS) is 21.7. The average molecular weight is 287 g/mol. The quantitative estimate of drug-likeness (QED) is 0.889. The lowest BCUT2D eigenvalue weighted by atomic mass is 10.0. The fraction of sp³-hybridized carbons (Fsp3) is 0.429. The zero-order chi connectivity index (χ0) is 14.8. The summed E-state index contributed by atoms with van der Waals surface area (Å²) in [5, 5.41) is 13.4. The smallest absolute Gasteiger partial charge is 0.255 e. The molecule has 0 radical (unpaired) electrons. The number of rotatable bonds is 3. The summed E-state index contributed by atoms with van der Waals surface area (Å²) in [6.07, 6.45) is 5.43. The minimum atomic E-state index is -0.104. The van der Waals surface area contributed by atoms with E-state index in [1.54, 1.807) is 23.4 Å². The van der Waals surface area contributed by atoms with Crippen molar-refractivity contribution in [3.8, 4) is 5.82 Å². The van der Waals surface area contributed by atoms with E-state index >= 15 is 0 Å². The molecule has 110 valence electrons. The van der Waals surface area contributed by atoms with Crippen molar-refractivity contribution in [2.45, 2.75) is 19.4 Å². The van der Waals surface area contributed by atoms with Crippen LogP contribution in [-0.4, -0.2) is 54.9 Å². The standard InChI is InChI=1S/C14H17N5O2/c1-10-4-5-18(12(10)7-20)14(21)11-2-3-13(16-6-11)19-9-15-8-17-19/h2-3,6,8-10,12,20H,4-5,7H2,1H3. The molecule has 1 N–H and O–H groups in total. The van der Waals surface area contributed by atoms with Gasteiger partial charge in [-0.05, 0) is 24.5 Å². The van der Waals surface area contributed by atoms with Crippen molar-refractivity contribution in [1.29, 1.82) is 0 Å². The Morgan fingerprint density at radius 3 is 2.95 bits per heavy atom. The Balaban J connectivity index is 1.79. The molecular weight excluding hydrogens is 270 g/mol. The first-order valence-corrected chi connectivity index (χ1v) is 6.93. The van der Waals surface area contributed by atoms with Crippen LogP contribution in [0.1, 0.15) is 23.7 Å². The van der Waals surface area contributed by atoms with Crippen molar-refractivity contribution < 1.29 is 9.90 Å². The third-order valence-electron chi connectivity index (χ3n) is 3.98. The molecule has 0 aliphatic carbocycles. The number of aliphatic hydroxyl groups is 1. The van der Waals surface area contributed by atoms with E-state index in [0.717, 1.165) is 6.42 Å². The van der Waals surface area contributed by atoms with E-state index in [2.05, 4.69) is 22.0 Å². The van der Waals surface area contributed by atoms with E-state index in [9.17, 15) is 9.90 Å². The summed E-state index contributed by atoms with van der Waals surface area (Å²) < 4.78 is 1.53. The number of likely N-dealkylation sites (tertiary alicyclic amines) is 1. The lowest BCUT2D eigenvalue weighted by molar-refractivity contribution is 0.0648. The number of hydrogen-bond donors (Lipinski definition) is 1. The molecule has 0 aromatic carbocycles. The second-order valence-corrected chi connectivity index (χ2v) is 5.26. The zero-order valence-electron chi connectivity index (χ0n) is 11.8. The molecule has 2 aromatic heterocycles. The second kappa shape index (κ2) is 5.61. The van der Waals surface area contributed by atoms with Crippen molar-refractivity contribution in [2.24, 2.45) is 5.92 Å². The molecule has 0 spiro atoms. The lowest BCUT2D eigenvalue weighted by Gasteiger charge is -2.25. The van der Waals surface area contributed by atoms with Gasteiger partial charge in [-0.3, -0.25) is 4.79 Å². The van der Waals surface area contributed by atoms with Crippen LogP contribution in [0.25, 0.3) is 5.82 Å². The minimum absolute atomic E-state index is 0.00260. The van der Waals surface area contributed by atoms with Crippen LogP contribution in [0, 0.1) is 5.92 Å². The van der Waals surface area contributed by atoms with Gasteiger partial charge in [0.05, 0.1) is 18.2 Å². The molecule has 1 aliphatic rings. The van der Waals surface area contributed by atoms with Gasteiger partial charge < -0.3 is 10.0 Å². The van der Waals surface area contributed by atoms with Gasteiger partial charge >= 0.3 is 0 Å². The highest BCUT2D eigenvalue weighted by atomic mass is 16.3. The number of nitrogens with zero attached hydrogens (tertiary/aromatic N) is 5. The first-order chi connectivity index (χ1) is 10.2. The van der Waals surface area contributed by atoms with Gasteiger partial charge in [-0.2, -0.15) is 5.10 Å². The Hall–Kier alpha value is -2.28. The Kier molecular flexibility index (Phi) is 3.66. The van der Waals surface area contributed by atoms with Crippen LogP contribution in [0.3, 0.4) is 0 Å². The summed E-state index contributed by atoms with van der Waals surface area (Å²) in [5.41, 5.74) is 0.520. The molecule has 3 rings (SSSR count). The van der Waals surface area contributed by atoms with E-state index in [1.165, 1.54) is 17.2 Å². The largest absolute Gasteiger partial charge is 0.394 e. The fourth-order valence-corrected chi connectivity index (χ4v) is 2.68. The number of aliphatic hydroxyl groups excluding tert-OH is 1. The SMILES string of the molecule is CC1CCN(C(=O)c2ccc(-n3cncn3)nc2)C1CO. The van der Waals surface area contributed by atoms with Crippen LogP contribution >= 0.6 is 0 Å². The van der Waals surface area contributed by atoms with Gasteiger partial charge in [-0.15, -0.1) is 0 Å². The molecule has 0 saturated carbocycles. The molecule has 3 heterocycles. The van der Waals surface area contributed by atoms with E-state index in [1.807, 2.05) is 0 Å². The van der Waals surface area contributed by atoms with E-state index in [0.29, 0.717) is 23.8 Å². The third kappa shape index (κ3) is 2.52. The summed E-state index contributed by atoms with van der Waals surface area (Å²) >= 11 is 0. The highest BCUT2D eigenvalue weighted by molar-refractivity contribution is 5.94. The predicted molar refractivity (Wildman–Crippen MR) is 74.8 cm³/mol. The summed E-state index contributed by atoms with van der Waals surface area (Å²) in [7, 11) is 0. The van der Waals surface area contributed by atoms with Crippen LogP contribution in [0.5, 0.6) is 0 Å². The molecule has 1 amide bonds. The van der Waals surface area contributed by atoms with Crippen LogP contribution in [0.4, 0.5) is 0 Å². The highest BCUT2D eigenvalue weighted by Crippen LogP contribution is 2.25. The number of carbonyl (C=O) groups is 1. The fourth-order valence-electron chi connectivity index (χ4n) is 2.68. The van der Waals surface area contributed by atoms with Crippen LogP contribution < -0.4 is 0 Å². The van der Waals surface area contributed by atoms with E-state index in [4.69, 9.17) is 0 Å². The Morgan fingerprint density at radius 1 is 1.48 bits per heavy atom. The summed E-state index contributed by atoms with van der Waals surface area (Å²) in [6.45, 7) is 2.73. The Morgan fingerprint density at radius 2 is 2.33 bits per heavy atom. The van der Waals surface area contributed by atoms with E-state index in [-0.39, 0.29) is 18.6 Å². The molecule has 7 heteroatoms. The summed E-state index contributed by atoms with van der Waals surface area (Å²) in [6, 6.07) is 3.35. The van der Waals surface area contributed by atoms with Gasteiger partial charge in [0.1, 0.15) is 12.7 Å². The molecule has 2 unspecified atom stereocenters. The maximum atomic E-state index is 12.5. The first kappa shape index (κ1) is 13.7. The van der Waals surface area contributed by atoms with Gasteiger partial charge in [-0.1, -0.05) is 6.92 Å². The predicted octanol–water partition coefficient (Wildman–Crippen LogP) is 0.505. The Labute approximate surface area is 122 Å². The van der Waals surface area contributed by atoms with Crippen molar-refractivity contribution in [1.82, 2.24) is 24.6 Å². The third-order valence-corrected chi connectivity index (χ3v) is 3.98. The molecule has 7 nitrogen and oxygen atoms in total. The molecule has 1 fully saturated rings. The van der Waals surface area contributed by atoms with Crippen molar-refractivity contribution in [3.63, 3.8) is 0 Å². The molecule has 2 atom stereocenters. The van der Waals surface area contributed by atoms with Crippen molar-refractivity contribution in [3.05, 3.63) is 36.5 Å². The molecule has 2 aromatic rings. The molecule has 21 heavy (non-hydrogen) atoms. The van der Waals surface area contributed by atoms with E-state index < -0.39 is 0 Å². The van der Waals surface area contributed by atoms with Gasteiger partial charge in [0.25, 0.3) is 5.91 Å². The topological polar surface area (TPSA) is 84.1 Å². The number of hydrogen-bond acceptors (Lipinski definition) is 5. The number of carbonyl (C=O) groups excluding carboxylic acids is 1. The second-order valence-electron chi connectivity index (χ2n) is 5.26. The summed E-state index contributed by atoms with van der Waals surface area (Å²) in [5.74, 6) is 0.843. The number of amides is 1. The molecular formula is C14H17N5O2. The lowest BCUT2D eigenvalue weighted by Crippen LogP contribution is -2.39. The molecule has 1 aliphatic heterocycles. The van der Waals surface area contributed by atoms with Crippen LogP contribution in [0.2, 0.25) is 0 Å². The summed E-state index contributed by atoms with van der Waals surface area (Å²) in [4.78, 5) is 22.3. The average Bonchev–Trinajstić information content (AvgIpc) is 3.16. The molecule has 1 saturated heterocycles.